The summed E-state index contributed by atoms with van der Waals surface area (Å²) in [5.74, 6) is 0. The van der Waals surface area contributed by atoms with E-state index >= 15 is 0 Å². The summed E-state index contributed by atoms with van der Waals surface area (Å²) in [6, 6.07) is 81.1. The topological polar surface area (TPSA) is 16.4 Å². The SMILES string of the molecule is c1ccc(-c2ccc(-c3ccc(N(c4ccc(-c5ccc6sc7ccccc7c6c5)cc4)c4ccccc4-c4cccc5oc6c7ccccc7ccc6c45)cc3)cc2)cc1. The lowest BCUT2D eigenvalue weighted by Gasteiger charge is -2.28. The van der Waals surface area contributed by atoms with Crippen LogP contribution in [0.5, 0.6) is 0 Å². The first-order valence-electron chi connectivity index (χ1n) is 20.7. The molecule has 0 radical (unpaired) electrons. The molecule has 12 rings (SSSR count). The highest BCUT2D eigenvalue weighted by molar-refractivity contribution is 7.25. The van der Waals surface area contributed by atoms with Gasteiger partial charge in [0.25, 0.3) is 0 Å². The molecule has 0 saturated carbocycles. The van der Waals surface area contributed by atoms with Crippen LogP contribution in [0.3, 0.4) is 0 Å². The van der Waals surface area contributed by atoms with E-state index in [0.29, 0.717) is 0 Å². The predicted octanol–water partition coefficient (Wildman–Crippen LogP) is 17.2. The van der Waals surface area contributed by atoms with E-state index in [-0.39, 0.29) is 0 Å². The first kappa shape index (κ1) is 35.2. The quantitative estimate of drug-likeness (QED) is 0.160. The highest BCUT2D eigenvalue weighted by atomic mass is 32.1. The van der Waals surface area contributed by atoms with Crippen LogP contribution in [0, 0.1) is 0 Å². The Kier molecular flexibility index (Phi) is 8.39. The minimum atomic E-state index is 0.882. The summed E-state index contributed by atoms with van der Waals surface area (Å²) in [5, 5.41) is 7.15. The average Bonchev–Trinajstić information content (AvgIpc) is 3.91. The van der Waals surface area contributed by atoms with Gasteiger partial charge >= 0.3 is 0 Å². The van der Waals surface area contributed by atoms with E-state index in [9.17, 15) is 0 Å². The van der Waals surface area contributed by atoms with E-state index in [0.717, 1.165) is 55.5 Å². The number of nitrogens with zero attached hydrogens (tertiary/aromatic N) is 1. The van der Waals surface area contributed by atoms with Crippen LogP contribution in [-0.4, -0.2) is 0 Å². The highest BCUT2D eigenvalue weighted by Gasteiger charge is 2.21. The van der Waals surface area contributed by atoms with E-state index in [1.54, 1.807) is 0 Å². The van der Waals surface area contributed by atoms with Crippen molar-refractivity contribution in [3.8, 4) is 44.5 Å². The fraction of sp³-hybridized carbons (Fsp3) is 0. The summed E-state index contributed by atoms with van der Waals surface area (Å²) in [4.78, 5) is 2.40. The van der Waals surface area contributed by atoms with Crippen LogP contribution in [0.1, 0.15) is 0 Å². The summed E-state index contributed by atoms with van der Waals surface area (Å²) in [6.45, 7) is 0. The number of rotatable bonds is 7. The molecule has 12 aromatic rings. The van der Waals surface area contributed by atoms with Crippen molar-refractivity contribution in [2.45, 2.75) is 0 Å². The van der Waals surface area contributed by atoms with Gasteiger partial charge < -0.3 is 9.32 Å². The zero-order valence-corrected chi connectivity index (χ0v) is 33.9. The zero-order chi connectivity index (χ0) is 40.3. The second-order valence-electron chi connectivity index (χ2n) is 15.6. The Balaban J connectivity index is 0.987. The van der Waals surface area contributed by atoms with Crippen LogP contribution < -0.4 is 4.90 Å². The number of fused-ring (bicyclic) bond motifs is 8. The van der Waals surface area contributed by atoms with Crippen molar-refractivity contribution in [1.82, 2.24) is 0 Å². The minimum Gasteiger partial charge on any atom is -0.455 e. The van der Waals surface area contributed by atoms with Crippen molar-refractivity contribution in [1.29, 1.82) is 0 Å². The van der Waals surface area contributed by atoms with Crippen LogP contribution in [-0.2, 0) is 0 Å². The minimum absolute atomic E-state index is 0.882. The number of anilines is 3. The molecule has 2 aromatic heterocycles. The zero-order valence-electron chi connectivity index (χ0n) is 33.1. The maximum absolute atomic E-state index is 6.67. The molecule has 0 aliphatic heterocycles. The van der Waals surface area contributed by atoms with Crippen molar-refractivity contribution in [2.75, 3.05) is 4.90 Å². The average molecular weight is 796 g/mol. The van der Waals surface area contributed by atoms with Gasteiger partial charge in [-0.3, -0.25) is 0 Å². The molecule has 286 valence electrons. The molecule has 0 aliphatic rings. The summed E-state index contributed by atoms with van der Waals surface area (Å²) in [6.07, 6.45) is 0. The maximum Gasteiger partial charge on any atom is 0.143 e. The molecular weight excluding hydrogens is 759 g/mol. The third-order valence-corrected chi connectivity index (χ3v) is 13.3. The number of thiophene rings is 1. The smallest absolute Gasteiger partial charge is 0.143 e. The molecule has 2 nitrogen and oxygen atoms in total. The van der Waals surface area contributed by atoms with Gasteiger partial charge in [0.2, 0.25) is 0 Å². The molecular formula is C58H37NOS. The van der Waals surface area contributed by atoms with Crippen molar-refractivity contribution in [3.63, 3.8) is 0 Å². The van der Waals surface area contributed by atoms with Crippen LogP contribution >= 0.6 is 11.3 Å². The van der Waals surface area contributed by atoms with Gasteiger partial charge in [0.05, 0.1) is 5.69 Å². The van der Waals surface area contributed by atoms with Gasteiger partial charge in [-0.1, -0.05) is 164 Å². The van der Waals surface area contributed by atoms with Gasteiger partial charge in [-0.05, 0) is 105 Å². The van der Waals surface area contributed by atoms with Gasteiger partial charge in [-0.25, -0.2) is 0 Å². The van der Waals surface area contributed by atoms with Crippen LogP contribution in [0.15, 0.2) is 229 Å². The van der Waals surface area contributed by atoms with Crippen molar-refractivity contribution in [3.05, 3.63) is 224 Å². The van der Waals surface area contributed by atoms with E-state index in [1.807, 2.05) is 11.3 Å². The molecule has 0 fully saturated rings. The largest absolute Gasteiger partial charge is 0.455 e. The lowest BCUT2D eigenvalue weighted by atomic mass is 9.95. The molecule has 0 spiro atoms. The van der Waals surface area contributed by atoms with Gasteiger partial charge in [0.15, 0.2) is 0 Å². The normalized spacial score (nSPS) is 11.6. The lowest BCUT2D eigenvalue weighted by molar-refractivity contribution is 0.673. The first-order valence-corrected chi connectivity index (χ1v) is 21.6. The molecule has 0 N–H and O–H groups in total. The molecule has 0 unspecified atom stereocenters. The number of hydrogen-bond donors (Lipinski definition) is 0. The fourth-order valence-corrected chi connectivity index (χ4v) is 10.2. The van der Waals surface area contributed by atoms with Crippen LogP contribution in [0.4, 0.5) is 17.1 Å². The molecule has 3 heteroatoms. The fourth-order valence-electron chi connectivity index (χ4n) is 9.10. The first-order chi connectivity index (χ1) is 30.2. The summed E-state index contributed by atoms with van der Waals surface area (Å²) in [7, 11) is 0. The van der Waals surface area contributed by atoms with E-state index < -0.39 is 0 Å². The Bertz CT molecular complexity index is 3560. The Morgan fingerprint density at radius 3 is 1.66 bits per heavy atom. The second-order valence-corrected chi connectivity index (χ2v) is 16.7. The van der Waals surface area contributed by atoms with Gasteiger partial charge in [0.1, 0.15) is 11.2 Å². The third-order valence-electron chi connectivity index (χ3n) is 12.1. The molecule has 61 heavy (non-hydrogen) atoms. The second kappa shape index (κ2) is 14.5. The molecule has 0 saturated heterocycles. The number of hydrogen-bond acceptors (Lipinski definition) is 3. The Labute approximate surface area is 357 Å². The standard InChI is InChI=1S/C58H37NOS/c1-2-11-38(12-3-1)39-21-23-40(24-22-39)41-25-31-45(32-26-41)59(46-33-27-42(28-34-46)44-30-36-56-52(37-44)49-16-7-9-20-55(49)61-56)53-18-8-6-15-48(53)50-17-10-19-54-57(50)51-35-29-43-13-4-5-14-47(43)58(51)60-54/h1-37H. The van der Waals surface area contributed by atoms with Crippen molar-refractivity contribution < 1.29 is 4.42 Å². The molecule has 0 amide bonds. The summed E-state index contributed by atoms with van der Waals surface area (Å²) in [5.41, 5.74) is 14.5. The summed E-state index contributed by atoms with van der Waals surface area (Å²) >= 11 is 1.86. The van der Waals surface area contributed by atoms with Gasteiger partial charge in [-0.2, -0.15) is 0 Å². The number of benzene rings is 10. The van der Waals surface area contributed by atoms with E-state index in [2.05, 4.69) is 229 Å². The molecule has 0 atom stereocenters. The summed E-state index contributed by atoms with van der Waals surface area (Å²) < 4.78 is 9.31. The van der Waals surface area contributed by atoms with E-state index in [1.165, 1.54) is 58.9 Å². The Morgan fingerprint density at radius 1 is 0.344 bits per heavy atom. The van der Waals surface area contributed by atoms with Crippen molar-refractivity contribution >= 4 is 81.3 Å². The Morgan fingerprint density at radius 2 is 0.902 bits per heavy atom. The number of furan rings is 1. The maximum atomic E-state index is 6.67. The van der Waals surface area contributed by atoms with E-state index in [4.69, 9.17) is 4.42 Å². The predicted molar refractivity (Wildman–Crippen MR) is 261 cm³/mol. The molecule has 0 bridgehead atoms. The Hall–Kier alpha value is -7.72. The number of para-hydroxylation sites is 1. The van der Waals surface area contributed by atoms with Crippen LogP contribution in [0.2, 0.25) is 0 Å². The lowest BCUT2D eigenvalue weighted by Crippen LogP contribution is -2.11. The third kappa shape index (κ3) is 6.09. The van der Waals surface area contributed by atoms with Gasteiger partial charge in [-0.15, -0.1) is 11.3 Å². The highest BCUT2D eigenvalue weighted by Crippen LogP contribution is 2.46. The van der Waals surface area contributed by atoms with Crippen molar-refractivity contribution in [2.24, 2.45) is 0 Å². The van der Waals surface area contributed by atoms with Crippen LogP contribution in [0.25, 0.3) is 97.4 Å². The monoisotopic (exact) mass is 795 g/mol. The molecule has 2 heterocycles. The molecule has 0 aliphatic carbocycles. The molecule has 10 aromatic carbocycles. The van der Waals surface area contributed by atoms with Gasteiger partial charge in [0, 0.05) is 53.3 Å².